The summed E-state index contributed by atoms with van der Waals surface area (Å²) in [4.78, 5) is 33.5. The van der Waals surface area contributed by atoms with Gasteiger partial charge in [-0.2, -0.15) is 0 Å². The number of rotatable bonds is 5. The first-order chi connectivity index (χ1) is 9.13. The zero-order valence-corrected chi connectivity index (χ0v) is 10.6. The Morgan fingerprint density at radius 2 is 1.79 bits per heavy atom. The first-order valence-corrected chi connectivity index (χ1v) is 5.89. The minimum atomic E-state index is -0.988. The molecule has 0 spiro atoms. The molecule has 0 bridgehead atoms. The Labute approximate surface area is 111 Å². The van der Waals surface area contributed by atoms with Gasteiger partial charge in [-0.1, -0.05) is 30.3 Å². The molecule has 1 aromatic rings. The van der Waals surface area contributed by atoms with Crippen molar-refractivity contribution in [2.75, 3.05) is 13.2 Å². The van der Waals surface area contributed by atoms with Crippen molar-refractivity contribution in [3.05, 3.63) is 35.9 Å². The fourth-order valence-corrected chi connectivity index (χ4v) is 1.29. The van der Waals surface area contributed by atoms with Crippen LogP contribution in [0, 0.1) is 0 Å². The van der Waals surface area contributed by atoms with E-state index in [4.69, 9.17) is 0 Å². The number of nitrogens with one attached hydrogen (secondary N) is 2. The lowest BCUT2D eigenvalue weighted by atomic mass is 10.2. The molecular formula is C13H16N2O4. The van der Waals surface area contributed by atoms with Crippen LogP contribution in [-0.4, -0.2) is 30.9 Å². The minimum absolute atomic E-state index is 0.118. The minimum Gasteiger partial charge on any atom is -0.459 e. The van der Waals surface area contributed by atoms with Gasteiger partial charge in [0.2, 0.25) is 5.91 Å². The van der Waals surface area contributed by atoms with Crippen molar-refractivity contribution in [1.82, 2.24) is 10.6 Å². The van der Waals surface area contributed by atoms with Gasteiger partial charge in [0.25, 0.3) is 0 Å². The molecule has 0 saturated carbocycles. The molecule has 1 rings (SSSR count). The molecule has 0 atom stereocenters. The van der Waals surface area contributed by atoms with Crippen molar-refractivity contribution in [1.29, 1.82) is 0 Å². The molecule has 2 amide bonds. The van der Waals surface area contributed by atoms with E-state index in [-0.39, 0.29) is 19.1 Å². The fourth-order valence-electron chi connectivity index (χ4n) is 1.29. The Morgan fingerprint density at radius 3 is 2.42 bits per heavy atom. The van der Waals surface area contributed by atoms with Gasteiger partial charge in [-0.05, 0) is 12.5 Å². The van der Waals surface area contributed by atoms with Crippen LogP contribution in [0.1, 0.15) is 12.5 Å². The SMILES string of the molecule is CCOC(=O)C(=O)NCC(=O)NCc1ccccc1. The second kappa shape index (κ2) is 7.86. The summed E-state index contributed by atoms with van der Waals surface area (Å²) >= 11 is 0. The number of carbonyl (C=O) groups excluding carboxylic acids is 3. The van der Waals surface area contributed by atoms with Crippen LogP contribution in [0.2, 0.25) is 0 Å². The molecule has 0 aliphatic heterocycles. The van der Waals surface area contributed by atoms with Crippen LogP contribution in [-0.2, 0) is 25.7 Å². The van der Waals surface area contributed by atoms with Gasteiger partial charge in [0.15, 0.2) is 0 Å². The van der Waals surface area contributed by atoms with Crippen LogP contribution in [0.15, 0.2) is 30.3 Å². The average Bonchev–Trinajstić information content (AvgIpc) is 2.43. The van der Waals surface area contributed by atoms with Crippen molar-refractivity contribution < 1.29 is 19.1 Å². The first kappa shape index (κ1) is 14.7. The van der Waals surface area contributed by atoms with E-state index in [9.17, 15) is 14.4 Å². The van der Waals surface area contributed by atoms with Crippen LogP contribution in [0.5, 0.6) is 0 Å². The van der Waals surface area contributed by atoms with Crippen molar-refractivity contribution >= 4 is 17.8 Å². The zero-order chi connectivity index (χ0) is 14.1. The summed E-state index contributed by atoms with van der Waals surface area (Å²) in [7, 11) is 0. The number of ether oxygens (including phenoxy) is 1. The first-order valence-electron chi connectivity index (χ1n) is 5.89. The van der Waals surface area contributed by atoms with Crippen LogP contribution in [0.3, 0.4) is 0 Å². The normalized spacial score (nSPS) is 9.53. The van der Waals surface area contributed by atoms with E-state index < -0.39 is 11.9 Å². The Morgan fingerprint density at radius 1 is 1.11 bits per heavy atom. The lowest BCUT2D eigenvalue weighted by molar-refractivity contribution is -0.154. The van der Waals surface area contributed by atoms with Gasteiger partial charge in [-0.25, -0.2) is 4.79 Å². The van der Waals surface area contributed by atoms with Crippen molar-refractivity contribution in [3.8, 4) is 0 Å². The highest BCUT2D eigenvalue weighted by atomic mass is 16.5. The van der Waals surface area contributed by atoms with E-state index in [0.717, 1.165) is 5.56 Å². The quantitative estimate of drug-likeness (QED) is 0.578. The molecule has 6 heteroatoms. The molecule has 0 heterocycles. The molecule has 0 saturated heterocycles. The number of amides is 2. The molecule has 6 nitrogen and oxygen atoms in total. The third kappa shape index (κ3) is 5.67. The highest BCUT2D eigenvalue weighted by Gasteiger charge is 2.15. The summed E-state index contributed by atoms with van der Waals surface area (Å²) in [6.45, 7) is 1.82. The lowest BCUT2D eigenvalue weighted by Gasteiger charge is -2.06. The van der Waals surface area contributed by atoms with Gasteiger partial charge in [-0.3, -0.25) is 9.59 Å². The molecule has 0 aliphatic rings. The standard InChI is InChI=1S/C13H16N2O4/c1-2-19-13(18)12(17)15-9-11(16)14-8-10-6-4-3-5-7-10/h3-7H,2,8-9H2,1H3,(H,14,16)(H,15,17). The summed E-state index contributed by atoms with van der Waals surface area (Å²) in [6, 6.07) is 9.36. The monoisotopic (exact) mass is 264 g/mol. The zero-order valence-electron chi connectivity index (χ0n) is 10.6. The van der Waals surface area contributed by atoms with Crippen LogP contribution < -0.4 is 10.6 Å². The highest BCUT2D eigenvalue weighted by molar-refractivity contribution is 6.32. The summed E-state index contributed by atoms with van der Waals surface area (Å²) in [5, 5.41) is 4.80. The number of hydrogen-bond donors (Lipinski definition) is 2. The van der Waals surface area contributed by atoms with E-state index in [1.165, 1.54) is 0 Å². The third-order valence-corrected chi connectivity index (χ3v) is 2.20. The van der Waals surface area contributed by atoms with Crippen molar-refractivity contribution in [2.24, 2.45) is 0 Å². The Kier molecular flexibility index (Phi) is 6.08. The molecule has 0 fully saturated rings. The third-order valence-electron chi connectivity index (χ3n) is 2.20. The molecule has 19 heavy (non-hydrogen) atoms. The van der Waals surface area contributed by atoms with Crippen LogP contribution in [0.25, 0.3) is 0 Å². The Hall–Kier alpha value is -2.37. The van der Waals surface area contributed by atoms with E-state index in [1.807, 2.05) is 30.3 Å². The summed E-state index contributed by atoms with van der Waals surface area (Å²) in [5.41, 5.74) is 0.951. The number of esters is 1. The van der Waals surface area contributed by atoms with E-state index in [0.29, 0.717) is 6.54 Å². The molecule has 0 aromatic heterocycles. The predicted molar refractivity (Wildman–Crippen MR) is 67.9 cm³/mol. The largest absolute Gasteiger partial charge is 0.459 e. The molecule has 0 aliphatic carbocycles. The maximum absolute atomic E-state index is 11.4. The summed E-state index contributed by atoms with van der Waals surface area (Å²) < 4.78 is 4.48. The van der Waals surface area contributed by atoms with E-state index >= 15 is 0 Å². The molecule has 1 aromatic carbocycles. The summed E-state index contributed by atoms with van der Waals surface area (Å²) in [5.74, 6) is -2.28. The second-order valence-corrected chi connectivity index (χ2v) is 3.67. The Bertz CT molecular complexity index is 445. The highest BCUT2D eigenvalue weighted by Crippen LogP contribution is 1.96. The van der Waals surface area contributed by atoms with Gasteiger partial charge in [0.05, 0.1) is 13.2 Å². The van der Waals surface area contributed by atoms with Gasteiger partial charge < -0.3 is 15.4 Å². The topological polar surface area (TPSA) is 84.5 Å². The van der Waals surface area contributed by atoms with Crippen LogP contribution in [0.4, 0.5) is 0 Å². The van der Waals surface area contributed by atoms with E-state index in [1.54, 1.807) is 6.92 Å². The van der Waals surface area contributed by atoms with Gasteiger partial charge in [-0.15, -0.1) is 0 Å². The van der Waals surface area contributed by atoms with Gasteiger partial charge >= 0.3 is 11.9 Å². The summed E-state index contributed by atoms with van der Waals surface area (Å²) in [6.07, 6.45) is 0. The lowest BCUT2D eigenvalue weighted by Crippen LogP contribution is -2.40. The molecular weight excluding hydrogens is 248 g/mol. The maximum Gasteiger partial charge on any atom is 0.396 e. The molecule has 0 unspecified atom stereocenters. The van der Waals surface area contributed by atoms with E-state index in [2.05, 4.69) is 15.4 Å². The number of benzene rings is 1. The van der Waals surface area contributed by atoms with Gasteiger partial charge in [0.1, 0.15) is 0 Å². The fraction of sp³-hybridized carbons (Fsp3) is 0.308. The smallest absolute Gasteiger partial charge is 0.396 e. The second-order valence-electron chi connectivity index (χ2n) is 3.67. The maximum atomic E-state index is 11.4. The van der Waals surface area contributed by atoms with Crippen molar-refractivity contribution in [3.63, 3.8) is 0 Å². The number of carbonyl (C=O) groups is 3. The Balaban J connectivity index is 2.25. The van der Waals surface area contributed by atoms with Crippen molar-refractivity contribution in [2.45, 2.75) is 13.5 Å². The van der Waals surface area contributed by atoms with Gasteiger partial charge in [0, 0.05) is 6.54 Å². The molecule has 0 radical (unpaired) electrons. The molecule has 102 valence electrons. The van der Waals surface area contributed by atoms with Crippen LogP contribution >= 0.6 is 0 Å². The number of hydrogen-bond acceptors (Lipinski definition) is 4. The molecule has 2 N–H and O–H groups in total. The predicted octanol–water partition coefficient (Wildman–Crippen LogP) is -0.0179. The average molecular weight is 264 g/mol.